The Balaban J connectivity index is 2.05. The summed E-state index contributed by atoms with van der Waals surface area (Å²) >= 11 is 0. The van der Waals surface area contributed by atoms with Crippen LogP contribution in [0.15, 0.2) is 18.2 Å². The maximum Gasteiger partial charge on any atom is 0.128 e. The summed E-state index contributed by atoms with van der Waals surface area (Å²) in [6.45, 7) is 7.02. The van der Waals surface area contributed by atoms with Crippen molar-refractivity contribution in [1.82, 2.24) is 4.90 Å². The van der Waals surface area contributed by atoms with Crippen LogP contribution in [0.4, 0.5) is 4.39 Å². The molecule has 1 saturated heterocycles. The van der Waals surface area contributed by atoms with E-state index in [2.05, 4.69) is 30.6 Å². The van der Waals surface area contributed by atoms with Gasteiger partial charge >= 0.3 is 0 Å². The number of halogens is 1. The number of benzene rings is 1. The molecule has 2 nitrogen and oxygen atoms in total. The molecule has 1 aliphatic rings. The molecular weight excluding hydrogens is 241 g/mol. The Kier molecular flexibility index (Phi) is 4.57. The summed E-state index contributed by atoms with van der Waals surface area (Å²) in [5, 5.41) is 8.62. The van der Waals surface area contributed by atoms with Crippen molar-refractivity contribution in [2.24, 2.45) is 11.8 Å². The smallest absolute Gasteiger partial charge is 0.128 e. The average molecular weight is 261 g/mol. The first-order valence-electron chi connectivity index (χ1n) is 6.70. The van der Waals surface area contributed by atoms with E-state index in [9.17, 15) is 4.39 Å². The predicted molar refractivity (Wildman–Crippen MR) is 74.0 cm³/mol. The Hall–Kier alpha value is -1.37. The third-order valence-electron chi connectivity index (χ3n) is 3.82. The first-order valence-corrected chi connectivity index (χ1v) is 6.70. The van der Waals surface area contributed by atoms with Gasteiger partial charge in [0.05, 0.1) is 0 Å². The molecule has 0 bridgehead atoms. The highest BCUT2D eigenvalue weighted by molar-refractivity contribution is 5.37. The molecular formula is C16H20FNO. The molecule has 2 rings (SSSR count). The lowest BCUT2D eigenvalue weighted by Crippen LogP contribution is -2.20. The second kappa shape index (κ2) is 6.18. The van der Waals surface area contributed by atoms with E-state index in [1.807, 2.05) is 6.07 Å². The van der Waals surface area contributed by atoms with Gasteiger partial charge in [0.1, 0.15) is 12.4 Å². The van der Waals surface area contributed by atoms with Crippen LogP contribution in [-0.2, 0) is 6.54 Å². The lowest BCUT2D eigenvalue weighted by Gasteiger charge is -2.16. The van der Waals surface area contributed by atoms with Crippen LogP contribution >= 0.6 is 0 Å². The summed E-state index contributed by atoms with van der Waals surface area (Å²) in [6.07, 6.45) is 0. The second-order valence-corrected chi connectivity index (χ2v) is 5.41. The highest BCUT2D eigenvalue weighted by atomic mass is 19.1. The molecule has 0 radical (unpaired) electrons. The minimum absolute atomic E-state index is 0.201. The molecule has 1 aromatic carbocycles. The quantitative estimate of drug-likeness (QED) is 0.825. The molecule has 102 valence electrons. The van der Waals surface area contributed by atoms with Crippen molar-refractivity contribution in [2.75, 3.05) is 19.7 Å². The van der Waals surface area contributed by atoms with Gasteiger partial charge in [0.15, 0.2) is 0 Å². The molecule has 1 aliphatic heterocycles. The normalized spacial score (nSPS) is 23.2. The molecule has 0 aromatic heterocycles. The zero-order chi connectivity index (χ0) is 13.8. The summed E-state index contributed by atoms with van der Waals surface area (Å²) in [7, 11) is 0. The monoisotopic (exact) mass is 261 g/mol. The van der Waals surface area contributed by atoms with Crippen LogP contribution in [0.5, 0.6) is 0 Å². The van der Waals surface area contributed by atoms with Crippen LogP contribution in [0.2, 0.25) is 0 Å². The van der Waals surface area contributed by atoms with Crippen LogP contribution in [0.1, 0.15) is 25.0 Å². The molecule has 0 amide bonds. The zero-order valence-electron chi connectivity index (χ0n) is 11.5. The predicted octanol–water partition coefficient (Wildman–Crippen LogP) is 2.26. The Labute approximate surface area is 114 Å². The van der Waals surface area contributed by atoms with Crippen molar-refractivity contribution in [3.8, 4) is 11.8 Å². The standard InChI is InChI=1S/C16H20FNO/c1-12-9-18(10-13(12)2)11-15-6-5-14(4-3-7-19)8-16(15)17/h5-6,8,12-13,19H,7,9-11H2,1-2H3. The topological polar surface area (TPSA) is 23.5 Å². The molecule has 1 aromatic rings. The number of hydrogen-bond donors (Lipinski definition) is 1. The highest BCUT2D eigenvalue weighted by Gasteiger charge is 2.26. The minimum Gasteiger partial charge on any atom is -0.384 e. The number of nitrogens with zero attached hydrogens (tertiary/aromatic N) is 1. The Morgan fingerprint density at radius 1 is 1.32 bits per heavy atom. The van der Waals surface area contributed by atoms with E-state index in [1.54, 1.807) is 6.07 Å². The van der Waals surface area contributed by atoms with Crippen LogP contribution in [0.25, 0.3) is 0 Å². The van der Waals surface area contributed by atoms with Gasteiger partial charge in [-0.1, -0.05) is 31.8 Å². The van der Waals surface area contributed by atoms with Gasteiger partial charge < -0.3 is 5.11 Å². The van der Waals surface area contributed by atoms with Gasteiger partial charge in [-0.05, 0) is 24.0 Å². The first-order chi connectivity index (χ1) is 9.10. The molecule has 0 spiro atoms. The Morgan fingerprint density at radius 2 is 2.00 bits per heavy atom. The summed E-state index contributed by atoms with van der Waals surface area (Å²) in [5.74, 6) is 6.39. The number of aliphatic hydroxyl groups is 1. The number of aliphatic hydroxyl groups excluding tert-OH is 1. The van der Waals surface area contributed by atoms with Crippen LogP contribution in [0, 0.1) is 29.5 Å². The lowest BCUT2D eigenvalue weighted by molar-refractivity contribution is 0.311. The molecule has 1 heterocycles. The van der Waals surface area contributed by atoms with E-state index in [4.69, 9.17) is 5.11 Å². The van der Waals surface area contributed by atoms with E-state index in [0.717, 1.165) is 18.7 Å². The molecule has 3 heteroatoms. The molecule has 2 atom stereocenters. The van der Waals surface area contributed by atoms with Crippen molar-refractivity contribution in [1.29, 1.82) is 0 Å². The van der Waals surface area contributed by atoms with Gasteiger partial charge in [-0.2, -0.15) is 0 Å². The molecule has 0 saturated carbocycles. The minimum atomic E-state index is -0.211. The summed E-state index contributed by atoms with van der Waals surface area (Å²) in [6, 6.07) is 5.05. The van der Waals surface area contributed by atoms with Gasteiger partial charge in [0.2, 0.25) is 0 Å². The molecule has 1 N–H and O–H groups in total. The van der Waals surface area contributed by atoms with Crippen LogP contribution in [-0.4, -0.2) is 29.7 Å². The third kappa shape index (κ3) is 3.56. The van der Waals surface area contributed by atoms with Gasteiger partial charge in [-0.15, -0.1) is 0 Å². The maximum atomic E-state index is 14.0. The lowest BCUT2D eigenvalue weighted by atomic mass is 10.0. The van der Waals surface area contributed by atoms with Crippen LogP contribution in [0.3, 0.4) is 0 Å². The van der Waals surface area contributed by atoms with Crippen molar-refractivity contribution in [3.05, 3.63) is 35.1 Å². The van der Waals surface area contributed by atoms with Crippen molar-refractivity contribution < 1.29 is 9.50 Å². The first kappa shape index (κ1) is 14.0. The van der Waals surface area contributed by atoms with Crippen LogP contribution < -0.4 is 0 Å². The summed E-state index contributed by atoms with van der Waals surface area (Å²) in [5.41, 5.74) is 1.33. The fraction of sp³-hybridized carbons (Fsp3) is 0.500. The van der Waals surface area contributed by atoms with Gasteiger partial charge in [-0.3, -0.25) is 4.90 Å². The Morgan fingerprint density at radius 3 is 2.58 bits per heavy atom. The zero-order valence-corrected chi connectivity index (χ0v) is 11.5. The van der Waals surface area contributed by atoms with E-state index in [0.29, 0.717) is 23.9 Å². The SMILES string of the molecule is CC1CN(Cc2ccc(C#CCO)cc2F)CC1C. The number of rotatable bonds is 2. The molecule has 1 fully saturated rings. The van der Waals surface area contributed by atoms with E-state index >= 15 is 0 Å². The average Bonchev–Trinajstić information content (AvgIpc) is 2.69. The van der Waals surface area contributed by atoms with E-state index in [1.165, 1.54) is 6.07 Å². The van der Waals surface area contributed by atoms with Crippen molar-refractivity contribution >= 4 is 0 Å². The summed E-state index contributed by atoms with van der Waals surface area (Å²) in [4.78, 5) is 2.30. The highest BCUT2D eigenvalue weighted by Crippen LogP contribution is 2.24. The number of hydrogen-bond acceptors (Lipinski definition) is 2. The summed E-state index contributed by atoms with van der Waals surface area (Å²) < 4.78 is 14.0. The van der Waals surface area contributed by atoms with Gasteiger partial charge in [0, 0.05) is 30.8 Å². The fourth-order valence-electron chi connectivity index (χ4n) is 2.51. The number of likely N-dealkylation sites (tertiary alicyclic amines) is 1. The molecule has 2 unspecified atom stereocenters. The largest absolute Gasteiger partial charge is 0.384 e. The fourth-order valence-corrected chi connectivity index (χ4v) is 2.51. The van der Waals surface area contributed by atoms with E-state index in [-0.39, 0.29) is 12.4 Å². The van der Waals surface area contributed by atoms with Crippen molar-refractivity contribution in [2.45, 2.75) is 20.4 Å². The maximum absolute atomic E-state index is 14.0. The second-order valence-electron chi connectivity index (χ2n) is 5.41. The van der Waals surface area contributed by atoms with E-state index < -0.39 is 0 Å². The van der Waals surface area contributed by atoms with Gasteiger partial charge in [0.25, 0.3) is 0 Å². The van der Waals surface area contributed by atoms with Crippen molar-refractivity contribution in [3.63, 3.8) is 0 Å². The molecule has 19 heavy (non-hydrogen) atoms. The van der Waals surface area contributed by atoms with Gasteiger partial charge in [-0.25, -0.2) is 4.39 Å². The molecule has 0 aliphatic carbocycles. The third-order valence-corrected chi connectivity index (χ3v) is 3.82. The Bertz CT molecular complexity index is 493.